The van der Waals surface area contributed by atoms with Gasteiger partial charge < -0.3 is 9.88 Å². The number of nitrogens with one attached hydrogen (secondary N) is 1. The largest absolute Gasteiger partial charge is 0.356 e. The predicted molar refractivity (Wildman–Crippen MR) is 149 cm³/mol. The maximum absolute atomic E-state index is 12.1. The fourth-order valence-corrected chi connectivity index (χ4v) is 5.20. The zero-order chi connectivity index (χ0) is 25.5. The minimum Gasteiger partial charge on any atom is -0.356 e. The summed E-state index contributed by atoms with van der Waals surface area (Å²) >= 11 is 1.59. The first-order valence-corrected chi connectivity index (χ1v) is 13.6. The molecule has 0 unspecified atom stereocenters. The van der Waals surface area contributed by atoms with Gasteiger partial charge in [-0.05, 0) is 43.5 Å². The standard InChI is InChI=1S/C29H30N6OS/c1-21-9-8-10-22(19-21)20-35-25-13-3-2-12-24(25)27-28(35)32-29(34-33-27)37-18-7-5-14-26(36)31-17-15-23-11-4-6-16-30-23/h2-4,6,8-13,16,19H,5,7,14-15,17-18,20H2,1H3,(H,31,36). The van der Waals surface area contributed by atoms with Crippen molar-refractivity contribution in [2.45, 2.75) is 44.3 Å². The highest BCUT2D eigenvalue weighted by Gasteiger charge is 2.15. The molecule has 1 amide bonds. The van der Waals surface area contributed by atoms with Crippen LogP contribution < -0.4 is 5.32 Å². The molecule has 0 fully saturated rings. The SMILES string of the molecule is Cc1cccc(Cn2c3ccccc3c3nnc(SCCCCC(=O)NCCc4ccccn4)nc32)c1. The highest BCUT2D eigenvalue weighted by Crippen LogP contribution is 2.28. The molecule has 0 saturated carbocycles. The normalized spacial score (nSPS) is 11.3. The average molecular weight is 511 g/mol. The fraction of sp³-hybridized carbons (Fsp3) is 0.276. The maximum atomic E-state index is 12.1. The van der Waals surface area contributed by atoms with E-state index in [1.807, 2.05) is 30.3 Å². The van der Waals surface area contributed by atoms with Crippen molar-refractivity contribution in [1.29, 1.82) is 0 Å². The molecule has 0 atom stereocenters. The number of fused-ring (bicyclic) bond motifs is 3. The van der Waals surface area contributed by atoms with E-state index in [-0.39, 0.29) is 5.91 Å². The molecule has 188 valence electrons. The lowest BCUT2D eigenvalue weighted by atomic mass is 10.1. The zero-order valence-electron chi connectivity index (χ0n) is 20.9. The lowest BCUT2D eigenvalue weighted by molar-refractivity contribution is -0.121. The first-order valence-electron chi connectivity index (χ1n) is 12.6. The van der Waals surface area contributed by atoms with E-state index in [4.69, 9.17) is 4.98 Å². The summed E-state index contributed by atoms with van der Waals surface area (Å²) in [7, 11) is 0. The Labute approximate surface area is 220 Å². The molecule has 0 bridgehead atoms. The maximum Gasteiger partial charge on any atom is 0.220 e. The molecule has 3 heterocycles. The van der Waals surface area contributed by atoms with Crippen molar-refractivity contribution in [3.63, 3.8) is 0 Å². The van der Waals surface area contributed by atoms with Crippen LogP contribution in [-0.4, -0.2) is 42.9 Å². The van der Waals surface area contributed by atoms with Gasteiger partial charge in [-0.15, -0.1) is 10.2 Å². The van der Waals surface area contributed by atoms with Gasteiger partial charge in [0.2, 0.25) is 11.1 Å². The topological polar surface area (TPSA) is 85.6 Å². The molecule has 5 rings (SSSR count). The number of rotatable bonds is 11. The van der Waals surface area contributed by atoms with Crippen molar-refractivity contribution in [3.05, 3.63) is 89.7 Å². The lowest BCUT2D eigenvalue weighted by Crippen LogP contribution is -2.25. The van der Waals surface area contributed by atoms with E-state index in [1.165, 1.54) is 11.1 Å². The third-order valence-corrected chi connectivity index (χ3v) is 7.16. The summed E-state index contributed by atoms with van der Waals surface area (Å²) in [5.74, 6) is 0.924. The average Bonchev–Trinajstić information content (AvgIpc) is 3.22. The van der Waals surface area contributed by atoms with Crippen molar-refractivity contribution in [2.75, 3.05) is 12.3 Å². The number of unbranched alkanes of at least 4 members (excludes halogenated alkanes) is 1. The van der Waals surface area contributed by atoms with Crippen LogP contribution in [0.2, 0.25) is 0 Å². The Morgan fingerprint density at radius 1 is 1.00 bits per heavy atom. The van der Waals surface area contributed by atoms with Crippen LogP contribution in [-0.2, 0) is 17.8 Å². The highest BCUT2D eigenvalue weighted by atomic mass is 32.2. The first-order chi connectivity index (χ1) is 18.2. The van der Waals surface area contributed by atoms with Crippen LogP contribution in [0.5, 0.6) is 0 Å². The molecule has 0 spiro atoms. The molecule has 37 heavy (non-hydrogen) atoms. The number of aryl methyl sites for hydroxylation is 1. The Balaban J connectivity index is 1.17. The van der Waals surface area contributed by atoms with E-state index in [2.05, 4.69) is 68.4 Å². The van der Waals surface area contributed by atoms with Crippen molar-refractivity contribution in [2.24, 2.45) is 0 Å². The minimum absolute atomic E-state index is 0.0842. The van der Waals surface area contributed by atoms with Crippen LogP contribution in [0.4, 0.5) is 0 Å². The number of thioether (sulfide) groups is 1. The monoisotopic (exact) mass is 510 g/mol. The van der Waals surface area contributed by atoms with Gasteiger partial charge in [-0.2, -0.15) is 0 Å². The van der Waals surface area contributed by atoms with Crippen molar-refractivity contribution < 1.29 is 4.79 Å². The summed E-state index contributed by atoms with van der Waals surface area (Å²) < 4.78 is 2.23. The third kappa shape index (κ3) is 6.32. The molecule has 0 aliphatic rings. The van der Waals surface area contributed by atoms with Crippen LogP contribution in [0.3, 0.4) is 0 Å². The molecule has 3 aromatic heterocycles. The number of carbonyl (C=O) groups excluding carboxylic acids is 1. The molecular formula is C29H30N6OS. The molecule has 5 aromatic rings. The summed E-state index contributed by atoms with van der Waals surface area (Å²) in [5, 5.41) is 13.7. The second-order valence-electron chi connectivity index (χ2n) is 9.09. The number of para-hydroxylation sites is 1. The summed E-state index contributed by atoms with van der Waals surface area (Å²) in [5.41, 5.74) is 6.25. The van der Waals surface area contributed by atoms with Gasteiger partial charge in [-0.3, -0.25) is 9.78 Å². The minimum atomic E-state index is 0.0842. The van der Waals surface area contributed by atoms with Crippen LogP contribution >= 0.6 is 11.8 Å². The van der Waals surface area contributed by atoms with Gasteiger partial charge in [-0.25, -0.2) is 4.98 Å². The van der Waals surface area contributed by atoms with Gasteiger partial charge in [0.1, 0.15) is 5.52 Å². The summed E-state index contributed by atoms with van der Waals surface area (Å²) in [6, 6.07) is 22.6. The van der Waals surface area contributed by atoms with Crippen LogP contribution in [0.1, 0.15) is 36.1 Å². The fourth-order valence-electron chi connectivity index (χ4n) is 4.42. The van der Waals surface area contributed by atoms with Gasteiger partial charge >= 0.3 is 0 Å². The summed E-state index contributed by atoms with van der Waals surface area (Å²) in [6.07, 6.45) is 4.77. The number of benzene rings is 2. The summed E-state index contributed by atoms with van der Waals surface area (Å²) in [4.78, 5) is 21.3. The smallest absolute Gasteiger partial charge is 0.220 e. The van der Waals surface area contributed by atoms with E-state index in [1.54, 1.807) is 18.0 Å². The third-order valence-electron chi connectivity index (χ3n) is 6.24. The Bertz CT molecular complexity index is 1500. The summed E-state index contributed by atoms with van der Waals surface area (Å²) in [6.45, 7) is 3.45. The number of nitrogens with zero attached hydrogens (tertiary/aromatic N) is 5. The molecule has 0 radical (unpaired) electrons. The van der Waals surface area contributed by atoms with Gasteiger partial charge in [0, 0.05) is 49.0 Å². The van der Waals surface area contributed by atoms with Crippen molar-refractivity contribution in [1.82, 2.24) is 30.0 Å². The van der Waals surface area contributed by atoms with Crippen LogP contribution in [0, 0.1) is 6.92 Å². The van der Waals surface area contributed by atoms with E-state index in [0.717, 1.165) is 59.3 Å². The number of aromatic nitrogens is 5. The highest BCUT2D eigenvalue weighted by molar-refractivity contribution is 7.99. The molecular weight excluding hydrogens is 480 g/mol. The van der Waals surface area contributed by atoms with E-state index >= 15 is 0 Å². The molecule has 7 nitrogen and oxygen atoms in total. The molecule has 1 N–H and O–H groups in total. The number of carbonyl (C=O) groups is 1. The lowest BCUT2D eigenvalue weighted by Gasteiger charge is -2.08. The van der Waals surface area contributed by atoms with Gasteiger partial charge in [0.25, 0.3) is 0 Å². The molecule has 0 saturated heterocycles. The van der Waals surface area contributed by atoms with Crippen LogP contribution in [0.25, 0.3) is 22.1 Å². The van der Waals surface area contributed by atoms with Crippen molar-refractivity contribution >= 4 is 39.7 Å². The van der Waals surface area contributed by atoms with E-state index in [9.17, 15) is 4.79 Å². The molecule has 2 aromatic carbocycles. The van der Waals surface area contributed by atoms with Gasteiger partial charge in [0.15, 0.2) is 5.65 Å². The van der Waals surface area contributed by atoms with E-state index < -0.39 is 0 Å². The van der Waals surface area contributed by atoms with Crippen molar-refractivity contribution in [3.8, 4) is 0 Å². The number of pyridine rings is 1. The zero-order valence-corrected chi connectivity index (χ0v) is 21.7. The Kier molecular flexibility index (Phi) is 8.05. The molecule has 0 aliphatic heterocycles. The molecule has 8 heteroatoms. The second-order valence-corrected chi connectivity index (χ2v) is 10.1. The van der Waals surface area contributed by atoms with Gasteiger partial charge in [-0.1, -0.05) is 65.9 Å². The quantitative estimate of drug-likeness (QED) is 0.190. The Morgan fingerprint density at radius 3 is 2.76 bits per heavy atom. The second kappa shape index (κ2) is 12.0. The number of amides is 1. The Hall–Kier alpha value is -3.78. The first kappa shape index (κ1) is 24.9. The van der Waals surface area contributed by atoms with Crippen LogP contribution in [0.15, 0.2) is 78.1 Å². The number of hydrogen-bond donors (Lipinski definition) is 1. The Morgan fingerprint density at radius 2 is 1.89 bits per heavy atom. The van der Waals surface area contributed by atoms with Gasteiger partial charge in [0.05, 0.1) is 5.52 Å². The van der Waals surface area contributed by atoms with E-state index in [0.29, 0.717) is 18.1 Å². The molecule has 0 aliphatic carbocycles. The number of hydrogen-bond acceptors (Lipinski definition) is 6. The predicted octanol–water partition coefficient (Wildman–Crippen LogP) is 5.35.